The Morgan fingerprint density at radius 3 is 2.69 bits per heavy atom. The van der Waals surface area contributed by atoms with Gasteiger partial charge in [0.2, 0.25) is 5.91 Å². The number of aryl methyl sites for hydroxylation is 1. The normalized spacial score (nSPS) is 14.8. The molecule has 1 aromatic carbocycles. The molecular weight excluding hydrogens is 330 g/mol. The van der Waals surface area contributed by atoms with Crippen molar-refractivity contribution in [3.05, 3.63) is 52.6 Å². The van der Waals surface area contributed by atoms with Gasteiger partial charge in [-0.25, -0.2) is 9.36 Å². The van der Waals surface area contributed by atoms with Gasteiger partial charge in [0, 0.05) is 11.4 Å². The minimum atomic E-state index is -0.312. The number of carbonyl (C=O) groups is 1. The molecule has 0 aliphatic heterocycles. The second-order valence-electron chi connectivity index (χ2n) is 6.75. The van der Waals surface area contributed by atoms with Crippen LogP contribution in [0.1, 0.15) is 31.4 Å². The van der Waals surface area contributed by atoms with E-state index in [0.29, 0.717) is 16.6 Å². The van der Waals surface area contributed by atoms with Gasteiger partial charge in [0.25, 0.3) is 5.56 Å². The zero-order chi connectivity index (χ0) is 18.1. The number of carbonyl (C=O) groups excluding carboxylic acids is 1. The summed E-state index contributed by atoms with van der Waals surface area (Å²) in [5, 5.41) is 12.4. The van der Waals surface area contributed by atoms with Gasteiger partial charge < -0.3 is 5.32 Å². The molecule has 1 amide bonds. The molecular formula is C19H21N5O2. The van der Waals surface area contributed by atoms with Crippen molar-refractivity contribution in [2.75, 3.05) is 0 Å². The van der Waals surface area contributed by atoms with Crippen molar-refractivity contribution in [1.29, 1.82) is 0 Å². The Bertz CT molecular complexity index is 1000. The topological polar surface area (TPSA) is 81.8 Å². The summed E-state index contributed by atoms with van der Waals surface area (Å²) in [5.74, 6) is -0.170. The number of nitrogens with zero attached hydrogens (tertiary/aromatic N) is 4. The Morgan fingerprint density at radius 2 is 1.96 bits per heavy atom. The first-order valence-electron chi connectivity index (χ1n) is 8.94. The number of hydrogen-bond acceptors (Lipinski definition) is 4. The summed E-state index contributed by atoms with van der Waals surface area (Å²) < 4.78 is 2.85. The van der Waals surface area contributed by atoms with E-state index in [1.54, 1.807) is 10.9 Å². The number of para-hydroxylation sites is 1. The lowest BCUT2D eigenvalue weighted by atomic mass is 10.2. The Balaban J connectivity index is 1.71. The predicted molar refractivity (Wildman–Crippen MR) is 98.3 cm³/mol. The highest BCUT2D eigenvalue weighted by Crippen LogP contribution is 2.18. The molecule has 0 saturated heterocycles. The van der Waals surface area contributed by atoms with Crippen LogP contribution < -0.4 is 10.9 Å². The van der Waals surface area contributed by atoms with Crippen LogP contribution >= 0.6 is 0 Å². The van der Waals surface area contributed by atoms with Gasteiger partial charge in [-0.2, -0.15) is 10.2 Å². The summed E-state index contributed by atoms with van der Waals surface area (Å²) in [6.07, 6.45) is 5.95. The van der Waals surface area contributed by atoms with E-state index in [-0.39, 0.29) is 24.1 Å². The lowest BCUT2D eigenvalue weighted by Crippen LogP contribution is -2.38. The van der Waals surface area contributed by atoms with E-state index in [0.717, 1.165) is 31.4 Å². The average molecular weight is 351 g/mol. The number of benzene rings is 1. The standard InChI is InChI=1S/C19H21N5O2/c1-13-16-11-20-24(15-9-3-2-4-10-15)18(16)19(26)23(22-13)12-17(25)21-14-7-5-6-8-14/h2-4,9-11,14H,5-8,12H2,1H3,(H,21,25). The molecule has 1 N–H and O–H groups in total. The Labute approximate surface area is 150 Å². The summed E-state index contributed by atoms with van der Waals surface area (Å²) in [6.45, 7) is 1.75. The predicted octanol–water partition coefficient (Wildman–Crippen LogP) is 1.95. The molecule has 1 saturated carbocycles. The molecule has 0 atom stereocenters. The summed E-state index contributed by atoms with van der Waals surface area (Å²) >= 11 is 0. The molecule has 0 unspecified atom stereocenters. The van der Waals surface area contributed by atoms with E-state index in [1.807, 2.05) is 37.3 Å². The molecule has 0 radical (unpaired) electrons. The van der Waals surface area contributed by atoms with Crippen molar-refractivity contribution in [3.8, 4) is 5.69 Å². The van der Waals surface area contributed by atoms with Gasteiger partial charge in [0.1, 0.15) is 12.1 Å². The van der Waals surface area contributed by atoms with Gasteiger partial charge in [0.05, 0.1) is 17.6 Å². The third-order valence-corrected chi connectivity index (χ3v) is 4.88. The van der Waals surface area contributed by atoms with Gasteiger partial charge in [-0.1, -0.05) is 31.0 Å². The lowest BCUT2D eigenvalue weighted by molar-refractivity contribution is -0.122. The number of aromatic nitrogens is 4. The van der Waals surface area contributed by atoms with Crippen LogP contribution in [0.5, 0.6) is 0 Å². The molecule has 7 nitrogen and oxygen atoms in total. The zero-order valence-electron chi connectivity index (χ0n) is 14.7. The fourth-order valence-corrected chi connectivity index (χ4v) is 3.57. The van der Waals surface area contributed by atoms with Crippen LogP contribution in [0, 0.1) is 6.92 Å². The van der Waals surface area contributed by atoms with Crippen molar-refractivity contribution < 1.29 is 4.79 Å². The van der Waals surface area contributed by atoms with Gasteiger partial charge in [-0.15, -0.1) is 0 Å². The highest BCUT2D eigenvalue weighted by Gasteiger charge is 2.20. The van der Waals surface area contributed by atoms with Crippen LogP contribution in [-0.4, -0.2) is 31.5 Å². The third-order valence-electron chi connectivity index (χ3n) is 4.88. The minimum Gasteiger partial charge on any atom is -0.352 e. The highest BCUT2D eigenvalue weighted by atomic mass is 16.2. The summed E-state index contributed by atoms with van der Waals surface area (Å²) in [7, 11) is 0. The molecule has 134 valence electrons. The summed E-state index contributed by atoms with van der Waals surface area (Å²) in [4.78, 5) is 25.3. The first-order valence-corrected chi connectivity index (χ1v) is 8.94. The Kier molecular flexibility index (Phi) is 4.28. The van der Waals surface area contributed by atoms with Crippen LogP contribution in [0.3, 0.4) is 0 Å². The number of fused-ring (bicyclic) bond motifs is 1. The van der Waals surface area contributed by atoms with Crippen LogP contribution in [0.25, 0.3) is 16.6 Å². The average Bonchev–Trinajstić information content (AvgIpc) is 3.30. The SMILES string of the molecule is Cc1nn(CC(=O)NC2CCCC2)c(=O)c2c1cnn2-c1ccccc1. The first-order chi connectivity index (χ1) is 12.6. The van der Waals surface area contributed by atoms with Crippen LogP contribution in [0.4, 0.5) is 0 Å². The molecule has 1 fully saturated rings. The van der Waals surface area contributed by atoms with E-state index in [2.05, 4.69) is 15.5 Å². The van der Waals surface area contributed by atoms with Gasteiger partial charge in [0.15, 0.2) is 0 Å². The quantitative estimate of drug-likeness (QED) is 0.779. The fourth-order valence-electron chi connectivity index (χ4n) is 3.57. The molecule has 1 aliphatic rings. The Morgan fingerprint density at radius 1 is 1.23 bits per heavy atom. The Hall–Kier alpha value is -2.96. The second kappa shape index (κ2) is 6.74. The largest absolute Gasteiger partial charge is 0.352 e. The van der Waals surface area contributed by atoms with E-state index in [4.69, 9.17) is 0 Å². The third kappa shape index (κ3) is 3.00. The number of amides is 1. The highest BCUT2D eigenvalue weighted by molar-refractivity contribution is 5.82. The van der Waals surface area contributed by atoms with E-state index >= 15 is 0 Å². The smallest absolute Gasteiger partial charge is 0.293 e. The van der Waals surface area contributed by atoms with Crippen molar-refractivity contribution in [2.45, 2.75) is 45.2 Å². The molecule has 1 aliphatic carbocycles. The minimum absolute atomic E-state index is 0.0773. The molecule has 2 heterocycles. The number of nitrogens with one attached hydrogen (secondary N) is 1. The van der Waals surface area contributed by atoms with Crippen LogP contribution in [0.2, 0.25) is 0 Å². The maximum atomic E-state index is 13.0. The number of hydrogen-bond donors (Lipinski definition) is 1. The molecule has 4 rings (SSSR count). The van der Waals surface area contributed by atoms with E-state index < -0.39 is 0 Å². The maximum Gasteiger partial charge on any atom is 0.293 e. The second-order valence-corrected chi connectivity index (χ2v) is 6.75. The van der Waals surface area contributed by atoms with Crippen molar-refractivity contribution in [3.63, 3.8) is 0 Å². The molecule has 0 bridgehead atoms. The first kappa shape index (κ1) is 16.5. The molecule has 2 aromatic heterocycles. The lowest BCUT2D eigenvalue weighted by Gasteiger charge is -2.13. The van der Waals surface area contributed by atoms with Crippen LogP contribution in [-0.2, 0) is 11.3 Å². The summed E-state index contributed by atoms with van der Waals surface area (Å²) in [6, 6.07) is 9.69. The number of rotatable bonds is 4. The van der Waals surface area contributed by atoms with Gasteiger partial charge in [-0.05, 0) is 31.9 Å². The van der Waals surface area contributed by atoms with Crippen molar-refractivity contribution in [2.24, 2.45) is 0 Å². The van der Waals surface area contributed by atoms with Crippen LogP contribution in [0.15, 0.2) is 41.3 Å². The van der Waals surface area contributed by atoms with Gasteiger partial charge >= 0.3 is 0 Å². The van der Waals surface area contributed by atoms with Crippen molar-refractivity contribution in [1.82, 2.24) is 24.9 Å². The van der Waals surface area contributed by atoms with Crippen molar-refractivity contribution >= 4 is 16.8 Å². The van der Waals surface area contributed by atoms with E-state index in [9.17, 15) is 9.59 Å². The van der Waals surface area contributed by atoms with Gasteiger partial charge in [-0.3, -0.25) is 9.59 Å². The molecule has 3 aromatic rings. The monoisotopic (exact) mass is 351 g/mol. The summed E-state index contributed by atoms with van der Waals surface area (Å²) in [5.41, 5.74) is 1.61. The molecule has 26 heavy (non-hydrogen) atoms. The molecule has 7 heteroatoms. The fraction of sp³-hybridized carbons (Fsp3) is 0.368. The maximum absolute atomic E-state index is 13.0. The molecule has 0 spiro atoms. The zero-order valence-corrected chi connectivity index (χ0v) is 14.7. The van der Waals surface area contributed by atoms with E-state index in [1.165, 1.54) is 4.68 Å².